The third kappa shape index (κ3) is 3.08. The van der Waals surface area contributed by atoms with Gasteiger partial charge in [-0.15, -0.1) is 0 Å². The molecule has 0 heterocycles. The third-order valence-corrected chi connectivity index (χ3v) is 3.14. The topological polar surface area (TPSA) is 17.1 Å². The zero-order valence-electron chi connectivity index (χ0n) is 11.4. The Morgan fingerprint density at radius 1 is 1.00 bits per heavy atom. The Morgan fingerprint density at radius 3 is 2.16 bits per heavy atom. The van der Waals surface area contributed by atoms with Crippen molar-refractivity contribution in [2.24, 2.45) is 0 Å². The molecule has 0 N–H and O–H groups in total. The van der Waals surface area contributed by atoms with Gasteiger partial charge < -0.3 is 0 Å². The number of hydrogen-bond donors (Lipinski definition) is 0. The highest BCUT2D eigenvalue weighted by atomic mass is 19.1. The highest BCUT2D eigenvalue weighted by Crippen LogP contribution is 2.18. The van der Waals surface area contributed by atoms with E-state index in [1.54, 1.807) is 25.1 Å². The molecule has 0 aliphatic heterocycles. The van der Waals surface area contributed by atoms with Gasteiger partial charge in [0.05, 0.1) is 0 Å². The van der Waals surface area contributed by atoms with E-state index in [1.165, 1.54) is 17.7 Å². The molecule has 2 aromatic carbocycles. The summed E-state index contributed by atoms with van der Waals surface area (Å²) in [5.74, 6) is -0.0828. The van der Waals surface area contributed by atoms with Crippen molar-refractivity contribution in [2.75, 3.05) is 0 Å². The summed E-state index contributed by atoms with van der Waals surface area (Å²) in [7, 11) is 0. The Morgan fingerprint density at radius 2 is 1.63 bits per heavy atom. The van der Waals surface area contributed by atoms with Crippen molar-refractivity contribution < 1.29 is 9.18 Å². The second kappa shape index (κ2) is 5.35. The van der Waals surface area contributed by atoms with Gasteiger partial charge in [-0.2, -0.15) is 0 Å². The summed E-state index contributed by atoms with van der Waals surface area (Å²) in [5.41, 5.74) is 2.93. The molecule has 0 atom stereocenters. The van der Waals surface area contributed by atoms with Gasteiger partial charge in [0.2, 0.25) is 0 Å². The molecule has 2 heteroatoms. The summed E-state index contributed by atoms with van der Waals surface area (Å²) in [6.07, 6.45) is 0. The number of aryl methyl sites for hydroxylation is 1. The predicted molar refractivity (Wildman–Crippen MR) is 75.1 cm³/mol. The van der Waals surface area contributed by atoms with Crippen molar-refractivity contribution in [1.82, 2.24) is 0 Å². The van der Waals surface area contributed by atoms with Crippen molar-refractivity contribution in [1.29, 1.82) is 0 Å². The van der Waals surface area contributed by atoms with Crippen LogP contribution < -0.4 is 0 Å². The van der Waals surface area contributed by atoms with Gasteiger partial charge in [0.15, 0.2) is 5.78 Å². The molecule has 2 rings (SSSR count). The number of carbonyl (C=O) groups excluding carboxylic acids is 1. The maximum Gasteiger partial charge on any atom is 0.193 e. The first-order valence-corrected chi connectivity index (χ1v) is 6.39. The Labute approximate surface area is 113 Å². The van der Waals surface area contributed by atoms with E-state index in [4.69, 9.17) is 0 Å². The zero-order valence-corrected chi connectivity index (χ0v) is 11.4. The van der Waals surface area contributed by atoms with Crippen LogP contribution in [-0.2, 0) is 0 Å². The molecule has 0 saturated heterocycles. The number of halogens is 1. The molecular formula is C17H17FO. The first kappa shape index (κ1) is 13.5. The Hall–Kier alpha value is -1.96. The van der Waals surface area contributed by atoms with Gasteiger partial charge in [-0.25, -0.2) is 4.39 Å². The highest BCUT2D eigenvalue weighted by Gasteiger charge is 2.11. The molecule has 98 valence electrons. The molecule has 0 amide bonds. The lowest BCUT2D eigenvalue weighted by atomic mass is 9.97. The Bertz CT molecular complexity index is 577. The minimum atomic E-state index is -0.373. The van der Waals surface area contributed by atoms with Crippen LogP contribution in [0.25, 0.3) is 0 Å². The van der Waals surface area contributed by atoms with E-state index >= 15 is 0 Å². The lowest BCUT2D eigenvalue weighted by molar-refractivity contribution is 0.103. The van der Waals surface area contributed by atoms with Crippen LogP contribution in [0.3, 0.4) is 0 Å². The van der Waals surface area contributed by atoms with Crippen LogP contribution >= 0.6 is 0 Å². The Balaban J connectivity index is 2.33. The van der Waals surface area contributed by atoms with Crippen LogP contribution in [0, 0.1) is 12.7 Å². The quantitative estimate of drug-likeness (QED) is 0.739. The molecule has 19 heavy (non-hydrogen) atoms. The fraction of sp³-hybridized carbons (Fsp3) is 0.235. The first-order valence-electron chi connectivity index (χ1n) is 6.39. The standard InChI is InChI=1S/C17H17FO/c1-11(2)13-4-6-14(7-5-13)17(19)15-8-12(3)9-16(18)10-15/h4-11H,1-3H3. The summed E-state index contributed by atoms with van der Waals surface area (Å²) < 4.78 is 13.3. The van der Waals surface area contributed by atoms with Gasteiger partial charge in [-0.1, -0.05) is 38.1 Å². The van der Waals surface area contributed by atoms with Gasteiger partial charge in [0, 0.05) is 11.1 Å². The summed E-state index contributed by atoms with van der Waals surface area (Å²) in [6, 6.07) is 11.9. The molecular weight excluding hydrogens is 239 g/mol. The van der Waals surface area contributed by atoms with Gasteiger partial charge in [-0.05, 0) is 42.2 Å². The fourth-order valence-electron chi connectivity index (χ4n) is 2.05. The van der Waals surface area contributed by atoms with E-state index in [0.717, 1.165) is 5.56 Å². The van der Waals surface area contributed by atoms with Crippen LogP contribution in [0.1, 0.15) is 46.8 Å². The molecule has 0 aliphatic rings. The van der Waals surface area contributed by atoms with Crippen LogP contribution in [-0.4, -0.2) is 5.78 Å². The van der Waals surface area contributed by atoms with Crippen molar-refractivity contribution in [3.63, 3.8) is 0 Å². The van der Waals surface area contributed by atoms with E-state index in [2.05, 4.69) is 13.8 Å². The molecule has 0 radical (unpaired) electrons. The minimum absolute atomic E-state index is 0.141. The second-order valence-electron chi connectivity index (χ2n) is 5.12. The van der Waals surface area contributed by atoms with Crippen molar-refractivity contribution in [3.05, 3.63) is 70.5 Å². The third-order valence-electron chi connectivity index (χ3n) is 3.14. The van der Waals surface area contributed by atoms with Gasteiger partial charge in [0.1, 0.15) is 5.82 Å². The maximum atomic E-state index is 13.3. The van der Waals surface area contributed by atoms with E-state index in [9.17, 15) is 9.18 Å². The average Bonchev–Trinajstić information content (AvgIpc) is 2.37. The fourth-order valence-corrected chi connectivity index (χ4v) is 2.05. The van der Waals surface area contributed by atoms with Gasteiger partial charge in [0.25, 0.3) is 0 Å². The van der Waals surface area contributed by atoms with Crippen LogP contribution in [0.2, 0.25) is 0 Å². The number of ketones is 1. The van der Waals surface area contributed by atoms with E-state index in [0.29, 0.717) is 17.0 Å². The van der Waals surface area contributed by atoms with Crippen molar-refractivity contribution in [2.45, 2.75) is 26.7 Å². The first-order chi connectivity index (χ1) is 8.97. The maximum absolute atomic E-state index is 13.3. The van der Waals surface area contributed by atoms with Crippen LogP contribution in [0.5, 0.6) is 0 Å². The second-order valence-corrected chi connectivity index (χ2v) is 5.12. The Kier molecular flexibility index (Phi) is 3.79. The van der Waals surface area contributed by atoms with Crippen LogP contribution in [0.15, 0.2) is 42.5 Å². The lowest BCUT2D eigenvalue weighted by Crippen LogP contribution is -2.03. The molecule has 2 aromatic rings. The monoisotopic (exact) mass is 256 g/mol. The molecule has 0 bridgehead atoms. The zero-order chi connectivity index (χ0) is 14.0. The number of rotatable bonds is 3. The largest absolute Gasteiger partial charge is 0.289 e. The molecule has 0 saturated carbocycles. The number of benzene rings is 2. The normalized spacial score (nSPS) is 10.8. The summed E-state index contributed by atoms with van der Waals surface area (Å²) in [4.78, 5) is 12.3. The summed E-state index contributed by atoms with van der Waals surface area (Å²) in [5, 5.41) is 0. The van der Waals surface area contributed by atoms with Gasteiger partial charge in [-0.3, -0.25) is 4.79 Å². The molecule has 0 unspecified atom stereocenters. The van der Waals surface area contributed by atoms with Gasteiger partial charge >= 0.3 is 0 Å². The van der Waals surface area contributed by atoms with E-state index in [-0.39, 0.29) is 11.6 Å². The highest BCUT2D eigenvalue weighted by molar-refractivity contribution is 6.09. The average molecular weight is 256 g/mol. The minimum Gasteiger partial charge on any atom is -0.289 e. The van der Waals surface area contributed by atoms with E-state index in [1.807, 2.05) is 12.1 Å². The summed E-state index contributed by atoms with van der Waals surface area (Å²) in [6.45, 7) is 5.99. The molecule has 1 nitrogen and oxygen atoms in total. The van der Waals surface area contributed by atoms with Crippen molar-refractivity contribution in [3.8, 4) is 0 Å². The SMILES string of the molecule is Cc1cc(F)cc(C(=O)c2ccc(C(C)C)cc2)c1. The molecule has 0 fully saturated rings. The predicted octanol–water partition coefficient (Wildman–Crippen LogP) is 4.49. The van der Waals surface area contributed by atoms with Crippen LogP contribution in [0.4, 0.5) is 4.39 Å². The molecule has 0 spiro atoms. The van der Waals surface area contributed by atoms with E-state index < -0.39 is 0 Å². The smallest absolute Gasteiger partial charge is 0.193 e. The summed E-state index contributed by atoms with van der Waals surface area (Å²) >= 11 is 0. The molecule has 0 aromatic heterocycles. The van der Waals surface area contributed by atoms with Crippen molar-refractivity contribution >= 4 is 5.78 Å². The number of carbonyl (C=O) groups is 1. The molecule has 0 aliphatic carbocycles. The number of hydrogen-bond acceptors (Lipinski definition) is 1. The lowest BCUT2D eigenvalue weighted by Gasteiger charge is -2.07.